The lowest BCUT2D eigenvalue weighted by Gasteiger charge is -2.34. The predicted molar refractivity (Wildman–Crippen MR) is 140 cm³/mol. The Kier molecular flexibility index (Phi) is 6.16. The Morgan fingerprint density at radius 1 is 1.09 bits per heavy atom. The number of aryl methyl sites for hydroxylation is 2. The van der Waals surface area contributed by atoms with Crippen LogP contribution >= 0.6 is 11.3 Å². The fraction of sp³-hybridized carbons (Fsp3) is 0.192. The van der Waals surface area contributed by atoms with Crippen molar-refractivity contribution in [2.75, 3.05) is 10.2 Å². The number of thiophene rings is 1. The highest BCUT2D eigenvalue weighted by molar-refractivity contribution is 7.17. The topological polar surface area (TPSA) is 58.4 Å². The third kappa shape index (κ3) is 3.85. The van der Waals surface area contributed by atoms with Crippen molar-refractivity contribution in [3.63, 3.8) is 0 Å². The van der Waals surface area contributed by atoms with Crippen LogP contribution in [0.1, 0.15) is 42.3 Å². The van der Waals surface area contributed by atoms with Crippen molar-refractivity contribution in [2.24, 2.45) is 0 Å². The molecule has 0 saturated heterocycles. The van der Waals surface area contributed by atoms with Gasteiger partial charge in [-0.1, -0.05) is 39.2 Å². The van der Waals surface area contributed by atoms with Crippen molar-refractivity contribution in [3.8, 4) is 10.4 Å². The van der Waals surface area contributed by atoms with Crippen molar-refractivity contribution >= 4 is 40.1 Å². The molecule has 168 valence electrons. The molecule has 0 aliphatic carbocycles. The maximum atomic E-state index is 4.42. The van der Waals surface area contributed by atoms with Crippen LogP contribution < -0.4 is 10.2 Å². The molecule has 0 amide bonds. The second kappa shape index (κ2) is 9.03. The molecule has 4 aromatic rings. The number of aromatic nitrogens is 4. The average molecular weight is 457 g/mol. The summed E-state index contributed by atoms with van der Waals surface area (Å²) in [5.74, 6) is 0.753. The van der Waals surface area contributed by atoms with E-state index in [-0.39, 0.29) is 0 Å². The van der Waals surface area contributed by atoms with Gasteiger partial charge in [0.1, 0.15) is 12.1 Å². The van der Waals surface area contributed by atoms with E-state index in [1.54, 1.807) is 22.2 Å². The fourth-order valence-corrected chi connectivity index (χ4v) is 5.08. The molecule has 1 N–H and O–H groups in total. The van der Waals surface area contributed by atoms with Gasteiger partial charge in [-0.25, -0.2) is 9.50 Å². The van der Waals surface area contributed by atoms with E-state index in [2.05, 4.69) is 65.6 Å². The molecule has 33 heavy (non-hydrogen) atoms. The zero-order valence-electron chi connectivity index (χ0n) is 19.7. The molecule has 0 fully saturated rings. The van der Waals surface area contributed by atoms with Crippen LogP contribution in [0.3, 0.4) is 0 Å². The SMILES string of the molecule is C=C1Nc2cc(-c3cn4ncnc4cc3C)sc2C(=C)N1c1cncc(C)c1/C=C\C.CC. The highest BCUT2D eigenvalue weighted by Gasteiger charge is 2.28. The van der Waals surface area contributed by atoms with Crippen molar-refractivity contribution in [3.05, 3.63) is 83.7 Å². The molecule has 7 heteroatoms. The van der Waals surface area contributed by atoms with Gasteiger partial charge in [0.2, 0.25) is 0 Å². The quantitative estimate of drug-likeness (QED) is 0.363. The molecule has 1 aliphatic heterocycles. The Morgan fingerprint density at radius 2 is 1.88 bits per heavy atom. The number of pyridine rings is 2. The average Bonchev–Trinajstić information content (AvgIpc) is 3.43. The number of fused-ring (bicyclic) bond motifs is 2. The van der Waals surface area contributed by atoms with Crippen LogP contribution in [0.25, 0.3) is 27.9 Å². The van der Waals surface area contributed by atoms with Crippen molar-refractivity contribution in [1.82, 2.24) is 19.6 Å². The van der Waals surface area contributed by atoms with E-state index in [9.17, 15) is 0 Å². The number of hydrogen-bond donors (Lipinski definition) is 1. The molecule has 0 bridgehead atoms. The minimum Gasteiger partial charge on any atom is -0.341 e. The number of allylic oxidation sites excluding steroid dienone is 1. The van der Waals surface area contributed by atoms with E-state index >= 15 is 0 Å². The summed E-state index contributed by atoms with van der Waals surface area (Å²) >= 11 is 1.70. The summed E-state index contributed by atoms with van der Waals surface area (Å²) in [6, 6.07) is 4.20. The Morgan fingerprint density at radius 3 is 2.64 bits per heavy atom. The molecule has 0 saturated carbocycles. The smallest absolute Gasteiger partial charge is 0.155 e. The van der Waals surface area contributed by atoms with Crippen LogP contribution in [0.4, 0.5) is 11.4 Å². The number of nitrogens with zero attached hydrogens (tertiary/aromatic N) is 5. The van der Waals surface area contributed by atoms with Crippen LogP contribution in [-0.2, 0) is 0 Å². The lowest BCUT2D eigenvalue weighted by Crippen LogP contribution is -2.29. The lowest BCUT2D eigenvalue weighted by atomic mass is 10.1. The standard InChI is InChI=1S/C24H22N6S.C2H6/c1-6-7-18-15(3)10-25-11-21(18)30-16(4)24-20(28-17(30)5)9-22(31-24)19-12-29-23(8-14(19)2)26-13-27-29;1-2/h6-13,28H,4-5H2,1-3H3;1-2H3/b7-6-;. The summed E-state index contributed by atoms with van der Waals surface area (Å²) in [7, 11) is 0. The van der Waals surface area contributed by atoms with Gasteiger partial charge >= 0.3 is 0 Å². The molecule has 4 aromatic heterocycles. The molecule has 0 aromatic carbocycles. The van der Waals surface area contributed by atoms with Crippen molar-refractivity contribution in [1.29, 1.82) is 0 Å². The van der Waals surface area contributed by atoms with E-state index < -0.39 is 0 Å². The van der Waals surface area contributed by atoms with Crippen LogP contribution in [0.2, 0.25) is 0 Å². The first-order valence-electron chi connectivity index (χ1n) is 10.9. The van der Waals surface area contributed by atoms with Gasteiger partial charge in [0, 0.05) is 28.4 Å². The van der Waals surface area contributed by atoms with E-state index in [1.807, 2.05) is 50.3 Å². The van der Waals surface area contributed by atoms with Gasteiger partial charge < -0.3 is 5.32 Å². The predicted octanol–water partition coefficient (Wildman–Crippen LogP) is 6.90. The monoisotopic (exact) mass is 456 g/mol. The van der Waals surface area contributed by atoms with Gasteiger partial charge in [0.25, 0.3) is 0 Å². The Bertz CT molecular complexity index is 1390. The molecular formula is C26H28N6S. The number of rotatable bonds is 3. The molecule has 0 spiro atoms. The highest BCUT2D eigenvalue weighted by atomic mass is 32.1. The summed E-state index contributed by atoms with van der Waals surface area (Å²) in [5, 5.41) is 7.75. The molecule has 5 heterocycles. The normalized spacial score (nSPS) is 13.2. The molecule has 6 nitrogen and oxygen atoms in total. The summed E-state index contributed by atoms with van der Waals surface area (Å²) in [6.07, 6.45) is 11.5. The van der Waals surface area contributed by atoms with Gasteiger partial charge in [0.15, 0.2) is 5.65 Å². The molecular weight excluding hydrogens is 428 g/mol. The van der Waals surface area contributed by atoms with Crippen molar-refractivity contribution in [2.45, 2.75) is 34.6 Å². The Balaban J connectivity index is 0.00000126. The third-order valence-electron chi connectivity index (χ3n) is 5.44. The van der Waals surface area contributed by atoms with Crippen molar-refractivity contribution < 1.29 is 0 Å². The number of hydrogen-bond acceptors (Lipinski definition) is 6. The van der Waals surface area contributed by atoms with E-state index in [0.717, 1.165) is 60.5 Å². The van der Waals surface area contributed by atoms with E-state index in [0.29, 0.717) is 0 Å². The molecule has 1 aliphatic rings. The zero-order chi connectivity index (χ0) is 23.7. The van der Waals surface area contributed by atoms with Crippen LogP contribution in [-0.4, -0.2) is 19.6 Å². The Hall–Kier alpha value is -3.71. The lowest BCUT2D eigenvalue weighted by molar-refractivity contribution is 0.960. The summed E-state index contributed by atoms with van der Waals surface area (Å²) in [5.41, 5.74) is 8.18. The van der Waals surface area contributed by atoms with E-state index in [4.69, 9.17) is 0 Å². The largest absolute Gasteiger partial charge is 0.341 e. The number of nitrogens with one attached hydrogen (secondary N) is 1. The maximum Gasteiger partial charge on any atom is 0.155 e. The first-order valence-corrected chi connectivity index (χ1v) is 11.8. The van der Waals surface area contributed by atoms with Crippen LogP contribution in [0.5, 0.6) is 0 Å². The van der Waals surface area contributed by atoms with Crippen LogP contribution in [0, 0.1) is 13.8 Å². The fourth-order valence-electron chi connectivity index (χ4n) is 3.94. The summed E-state index contributed by atoms with van der Waals surface area (Å²) in [4.78, 5) is 13.0. The minimum atomic E-state index is 0.753. The van der Waals surface area contributed by atoms with Gasteiger partial charge in [-0.3, -0.25) is 9.88 Å². The van der Waals surface area contributed by atoms with Crippen LogP contribution in [0.15, 0.2) is 62.1 Å². The minimum absolute atomic E-state index is 0.753. The second-order valence-corrected chi connectivity index (χ2v) is 8.58. The molecule has 0 unspecified atom stereocenters. The third-order valence-corrected chi connectivity index (χ3v) is 6.66. The molecule has 0 radical (unpaired) electrons. The van der Waals surface area contributed by atoms with Gasteiger partial charge in [-0.2, -0.15) is 5.10 Å². The van der Waals surface area contributed by atoms with Gasteiger partial charge in [-0.05, 0) is 44.0 Å². The second-order valence-electron chi connectivity index (χ2n) is 7.53. The number of anilines is 2. The molecule has 0 atom stereocenters. The maximum absolute atomic E-state index is 4.42. The first kappa shape index (κ1) is 22.5. The first-order chi connectivity index (χ1) is 16.0. The Labute approximate surface area is 198 Å². The van der Waals surface area contributed by atoms with E-state index in [1.165, 1.54) is 0 Å². The summed E-state index contributed by atoms with van der Waals surface area (Å²) in [6.45, 7) is 18.9. The highest BCUT2D eigenvalue weighted by Crippen LogP contribution is 2.46. The summed E-state index contributed by atoms with van der Waals surface area (Å²) < 4.78 is 1.80. The molecule has 5 rings (SSSR count). The van der Waals surface area contributed by atoms with Gasteiger partial charge in [0.05, 0.1) is 28.1 Å². The van der Waals surface area contributed by atoms with Gasteiger partial charge in [-0.15, -0.1) is 11.3 Å². The zero-order valence-corrected chi connectivity index (χ0v) is 20.5.